The lowest BCUT2D eigenvalue weighted by molar-refractivity contribution is -0.388. The van der Waals surface area contributed by atoms with Crippen LogP contribution in [0, 0.1) is 15.9 Å². The fraction of sp³-hybridized carbons (Fsp3) is 0.500. The minimum Gasteiger partial charge on any atom is -0.314 e. The molecule has 7 nitrogen and oxygen atoms in total. The van der Waals surface area contributed by atoms with Crippen LogP contribution in [0.4, 0.5) is 10.1 Å². The van der Waals surface area contributed by atoms with E-state index in [0.29, 0.717) is 6.42 Å². The summed E-state index contributed by atoms with van der Waals surface area (Å²) in [6.45, 7) is 1.00. The van der Waals surface area contributed by atoms with E-state index in [9.17, 15) is 22.9 Å². The highest BCUT2D eigenvalue weighted by Crippen LogP contribution is 2.26. The number of rotatable bonds is 6. The lowest BCUT2D eigenvalue weighted by atomic mass is 10.2. The number of nitro benzene ring substituents is 1. The van der Waals surface area contributed by atoms with Crippen LogP contribution in [0.3, 0.4) is 0 Å². The topological polar surface area (TPSA) is 101 Å². The number of halogens is 2. The zero-order valence-corrected chi connectivity index (χ0v) is 13.3. The molecule has 1 fully saturated rings. The third-order valence-electron chi connectivity index (χ3n) is 3.36. The van der Waals surface area contributed by atoms with Crippen molar-refractivity contribution in [3.05, 3.63) is 34.1 Å². The fourth-order valence-corrected chi connectivity index (χ4v) is 3.62. The second-order valence-electron chi connectivity index (χ2n) is 4.82. The van der Waals surface area contributed by atoms with E-state index in [0.717, 1.165) is 37.6 Å². The summed E-state index contributed by atoms with van der Waals surface area (Å²) in [6.07, 6.45) is 2.55. The third kappa shape index (κ3) is 4.35. The van der Waals surface area contributed by atoms with Crippen LogP contribution in [-0.2, 0) is 10.0 Å². The molecule has 1 atom stereocenters. The maximum absolute atomic E-state index is 13.7. The average molecular weight is 354 g/mol. The summed E-state index contributed by atoms with van der Waals surface area (Å²) in [5.74, 6) is -1.13. The molecule has 0 aromatic heterocycles. The minimum atomic E-state index is -4.25. The molecule has 0 amide bonds. The molecule has 0 radical (unpaired) electrons. The van der Waals surface area contributed by atoms with Gasteiger partial charge in [-0.3, -0.25) is 10.1 Å². The maximum Gasteiger partial charge on any atom is 0.292 e. The van der Waals surface area contributed by atoms with Crippen molar-refractivity contribution in [3.8, 4) is 0 Å². The van der Waals surface area contributed by atoms with Crippen LogP contribution in [0.5, 0.6) is 0 Å². The second kappa shape index (κ2) is 7.82. The van der Waals surface area contributed by atoms with Crippen molar-refractivity contribution in [2.75, 3.05) is 13.1 Å². The first-order valence-corrected chi connectivity index (χ1v) is 8.06. The lowest BCUT2D eigenvalue weighted by Crippen LogP contribution is -2.31. The van der Waals surface area contributed by atoms with E-state index in [1.807, 2.05) is 0 Å². The van der Waals surface area contributed by atoms with Gasteiger partial charge in [0, 0.05) is 18.7 Å². The van der Waals surface area contributed by atoms with Gasteiger partial charge in [-0.25, -0.2) is 17.5 Å². The molecule has 1 aliphatic heterocycles. The van der Waals surface area contributed by atoms with Gasteiger partial charge in [0.1, 0.15) is 5.82 Å². The van der Waals surface area contributed by atoms with Gasteiger partial charge in [0.2, 0.25) is 10.0 Å². The van der Waals surface area contributed by atoms with Crippen molar-refractivity contribution in [1.29, 1.82) is 0 Å². The van der Waals surface area contributed by atoms with Crippen LogP contribution in [-0.4, -0.2) is 32.5 Å². The fourth-order valence-electron chi connectivity index (χ4n) is 2.35. The Kier molecular flexibility index (Phi) is 6.66. The highest BCUT2D eigenvalue weighted by atomic mass is 35.5. The Bertz CT molecular complexity index is 635. The SMILES string of the molecule is Cl.O=[N+]([O-])c1cccc(F)c1S(=O)(=O)NCC[C@H]1CCCN1. The smallest absolute Gasteiger partial charge is 0.292 e. The Morgan fingerprint density at radius 3 is 2.77 bits per heavy atom. The van der Waals surface area contributed by atoms with Gasteiger partial charge in [0.05, 0.1) is 4.92 Å². The highest BCUT2D eigenvalue weighted by molar-refractivity contribution is 7.89. The van der Waals surface area contributed by atoms with Gasteiger partial charge < -0.3 is 5.32 Å². The molecule has 0 spiro atoms. The number of nitrogens with one attached hydrogen (secondary N) is 2. The summed E-state index contributed by atoms with van der Waals surface area (Å²) in [5, 5.41) is 14.0. The summed E-state index contributed by atoms with van der Waals surface area (Å²) in [6, 6.07) is 3.19. The largest absolute Gasteiger partial charge is 0.314 e. The predicted octanol–water partition coefficient (Wildman–Crippen LogP) is 1.58. The lowest BCUT2D eigenvalue weighted by Gasteiger charge is -2.11. The zero-order valence-electron chi connectivity index (χ0n) is 11.6. The predicted molar refractivity (Wildman–Crippen MR) is 81.1 cm³/mol. The molecular formula is C12H17ClFN3O4S. The van der Waals surface area contributed by atoms with Crippen molar-refractivity contribution in [1.82, 2.24) is 10.0 Å². The van der Waals surface area contributed by atoms with Crippen molar-refractivity contribution < 1.29 is 17.7 Å². The first-order chi connectivity index (χ1) is 9.92. The van der Waals surface area contributed by atoms with Crippen molar-refractivity contribution in [2.24, 2.45) is 0 Å². The molecule has 1 aromatic rings. The summed E-state index contributed by atoms with van der Waals surface area (Å²) in [5.41, 5.74) is -0.763. The van der Waals surface area contributed by atoms with E-state index in [-0.39, 0.29) is 25.0 Å². The number of nitrogens with zero attached hydrogens (tertiary/aromatic N) is 1. The van der Waals surface area contributed by atoms with Crippen LogP contribution < -0.4 is 10.0 Å². The normalized spacial score (nSPS) is 18.0. The molecule has 1 heterocycles. The first kappa shape index (κ1) is 18.8. The summed E-state index contributed by atoms with van der Waals surface area (Å²) >= 11 is 0. The molecule has 0 aliphatic carbocycles. The average Bonchev–Trinajstić information content (AvgIpc) is 2.91. The van der Waals surface area contributed by atoms with Gasteiger partial charge in [-0.15, -0.1) is 12.4 Å². The molecule has 2 N–H and O–H groups in total. The number of hydrogen-bond donors (Lipinski definition) is 2. The number of sulfonamides is 1. The highest BCUT2D eigenvalue weighted by Gasteiger charge is 2.29. The van der Waals surface area contributed by atoms with Gasteiger partial charge in [0.25, 0.3) is 5.69 Å². The standard InChI is InChI=1S/C12H16FN3O4S.ClH/c13-10-4-1-5-11(16(17)18)12(10)21(19,20)15-8-6-9-3-2-7-14-9;/h1,4-5,9,14-15H,2-3,6-8H2;1H/t9-;/m1./s1. The number of benzene rings is 1. The molecule has 22 heavy (non-hydrogen) atoms. The Balaban J connectivity index is 0.00000242. The van der Waals surface area contributed by atoms with Crippen LogP contribution in [0.15, 0.2) is 23.1 Å². The molecule has 2 rings (SSSR count). The van der Waals surface area contributed by atoms with E-state index in [1.54, 1.807) is 0 Å². The number of nitro groups is 1. The molecule has 1 aliphatic rings. The quantitative estimate of drug-likeness (QED) is 0.597. The van der Waals surface area contributed by atoms with Crippen LogP contribution in [0.1, 0.15) is 19.3 Å². The van der Waals surface area contributed by atoms with Crippen LogP contribution >= 0.6 is 12.4 Å². The van der Waals surface area contributed by atoms with E-state index in [2.05, 4.69) is 10.0 Å². The van der Waals surface area contributed by atoms with E-state index in [1.165, 1.54) is 0 Å². The van der Waals surface area contributed by atoms with Gasteiger partial charge in [0.15, 0.2) is 4.90 Å². The monoisotopic (exact) mass is 353 g/mol. The Morgan fingerprint density at radius 2 is 2.18 bits per heavy atom. The zero-order chi connectivity index (χ0) is 15.5. The molecule has 0 saturated carbocycles. The Labute approximate surface area is 133 Å². The minimum absolute atomic E-state index is 0. The van der Waals surface area contributed by atoms with Gasteiger partial charge in [-0.05, 0) is 31.9 Å². The van der Waals surface area contributed by atoms with E-state index < -0.39 is 31.3 Å². The van der Waals surface area contributed by atoms with Crippen molar-refractivity contribution in [3.63, 3.8) is 0 Å². The van der Waals surface area contributed by atoms with E-state index in [4.69, 9.17) is 0 Å². The Morgan fingerprint density at radius 1 is 1.45 bits per heavy atom. The van der Waals surface area contributed by atoms with Crippen LogP contribution in [0.2, 0.25) is 0 Å². The van der Waals surface area contributed by atoms with E-state index >= 15 is 0 Å². The summed E-state index contributed by atoms with van der Waals surface area (Å²) < 4.78 is 40.1. The van der Waals surface area contributed by atoms with Gasteiger partial charge in [-0.2, -0.15) is 0 Å². The second-order valence-corrected chi connectivity index (χ2v) is 6.53. The van der Waals surface area contributed by atoms with Crippen LogP contribution in [0.25, 0.3) is 0 Å². The number of hydrogen-bond acceptors (Lipinski definition) is 5. The van der Waals surface area contributed by atoms with Crippen molar-refractivity contribution >= 4 is 28.1 Å². The Hall–Kier alpha value is -1.29. The molecule has 1 aromatic carbocycles. The maximum atomic E-state index is 13.7. The summed E-state index contributed by atoms with van der Waals surface area (Å²) in [4.78, 5) is 9.03. The molecular weight excluding hydrogens is 337 g/mol. The van der Waals surface area contributed by atoms with Crippen molar-refractivity contribution in [2.45, 2.75) is 30.2 Å². The summed E-state index contributed by atoms with van der Waals surface area (Å²) in [7, 11) is -4.25. The van der Waals surface area contributed by atoms with Gasteiger partial charge in [-0.1, -0.05) is 6.07 Å². The molecule has 124 valence electrons. The molecule has 0 unspecified atom stereocenters. The molecule has 1 saturated heterocycles. The molecule has 0 bridgehead atoms. The molecule has 10 heteroatoms. The van der Waals surface area contributed by atoms with Gasteiger partial charge >= 0.3 is 0 Å². The third-order valence-corrected chi connectivity index (χ3v) is 4.88. The first-order valence-electron chi connectivity index (χ1n) is 6.58.